The van der Waals surface area contributed by atoms with Crippen molar-refractivity contribution >= 4 is 15.9 Å². The Balaban J connectivity index is 1.74. The zero-order chi connectivity index (χ0) is 20.8. The predicted molar refractivity (Wildman–Crippen MR) is 112 cm³/mol. The van der Waals surface area contributed by atoms with Gasteiger partial charge >= 0.3 is 0 Å². The first-order chi connectivity index (χ1) is 13.8. The first kappa shape index (κ1) is 20.2. The molecule has 29 heavy (non-hydrogen) atoms. The molecule has 1 aromatic carbocycles. The van der Waals surface area contributed by atoms with E-state index in [2.05, 4.69) is 10.8 Å². The largest absolute Gasteiger partial charge is 0.350 e. The quantitative estimate of drug-likeness (QED) is 0.833. The van der Waals surface area contributed by atoms with Gasteiger partial charge in [0, 0.05) is 37.6 Å². The molecule has 0 saturated carbocycles. The van der Waals surface area contributed by atoms with E-state index < -0.39 is 10.0 Å². The predicted octanol–water partition coefficient (Wildman–Crippen LogP) is 3.23. The van der Waals surface area contributed by atoms with E-state index >= 15 is 0 Å². The van der Waals surface area contributed by atoms with E-state index in [-0.39, 0.29) is 16.8 Å². The van der Waals surface area contributed by atoms with E-state index in [1.165, 1.54) is 5.56 Å². The molecule has 0 spiro atoms. The Hall–Kier alpha value is -2.12. The van der Waals surface area contributed by atoms with Crippen LogP contribution in [0, 0.1) is 13.8 Å². The summed E-state index contributed by atoms with van der Waals surface area (Å²) >= 11 is 0. The van der Waals surface area contributed by atoms with Crippen LogP contribution in [0.2, 0.25) is 0 Å². The fraction of sp³-hybridized carbons (Fsp3) is 0.500. The van der Waals surface area contributed by atoms with Crippen molar-refractivity contribution in [2.45, 2.75) is 56.9 Å². The van der Waals surface area contributed by atoms with E-state index in [0.29, 0.717) is 30.0 Å². The molecule has 0 bridgehead atoms. The molecule has 1 N–H and O–H groups in total. The van der Waals surface area contributed by atoms with Gasteiger partial charge in [-0.3, -0.25) is 4.79 Å². The van der Waals surface area contributed by atoms with Gasteiger partial charge in [-0.2, -0.15) is 0 Å². The summed E-state index contributed by atoms with van der Waals surface area (Å²) in [6, 6.07) is 7.75. The molecule has 1 atom stereocenters. The second-order valence-corrected chi connectivity index (χ2v) is 9.85. The molecule has 1 unspecified atom stereocenters. The van der Waals surface area contributed by atoms with Crippen molar-refractivity contribution in [3.05, 3.63) is 52.3 Å². The Bertz CT molecular complexity index is 1050. The number of hydrogen-bond donors (Lipinski definition) is 1. The fourth-order valence-electron chi connectivity index (χ4n) is 4.70. The number of amides is 1. The Morgan fingerprint density at radius 3 is 2.48 bits per heavy atom. The highest BCUT2D eigenvalue weighted by Gasteiger charge is 2.35. The third-order valence-electron chi connectivity index (χ3n) is 6.47. The summed E-state index contributed by atoms with van der Waals surface area (Å²) in [5.74, 6) is -0.173. The molecule has 1 aliphatic heterocycles. The number of aromatic nitrogens is 1. The van der Waals surface area contributed by atoms with E-state index in [4.69, 9.17) is 0 Å². The van der Waals surface area contributed by atoms with E-state index in [1.54, 1.807) is 11.8 Å². The minimum Gasteiger partial charge on any atom is -0.350 e. The van der Waals surface area contributed by atoms with Crippen LogP contribution in [0.5, 0.6) is 0 Å². The van der Waals surface area contributed by atoms with Crippen LogP contribution in [-0.2, 0) is 23.5 Å². The highest BCUT2D eigenvalue weighted by Crippen LogP contribution is 2.33. The lowest BCUT2D eigenvalue weighted by atomic mass is 9.88. The second-order valence-electron chi connectivity index (χ2n) is 8.20. The summed E-state index contributed by atoms with van der Waals surface area (Å²) in [4.78, 5) is 15.1. The number of sulfonamides is 1. The standard InChI is InChI=1S/C22H29N3O3S/c1-15-20(22(26)25-13-6-7-14-25)21(16(2)24(15)3)29(27,28)23-19-12-8-10-17-9-4-5-11-18(17)19/h4-5,9,11,19,23H,6-8,10,12-14H2,1-3H3. The minimum absolute atomic E-state index is 0.137. The maximum Gasteiger partial charge on any atom is 0.257 e. The number of hydrogen-bond acceptors (Lipinski definition) is 3. The van der Waals surface area contributed by atoms with Crippen molar-refractivity contribution in [1.82, 2.24) is 14.2 Å². The SMILES string of the molecule is Cc1c(C(=O)N2CCCC2)c(S(=O)(=O)NC2CCCc3ccccc32)c(C)n1C. The van der Waals surface area contributed by atoms with Crippen molar-refractivity contribution in [3.63, 3.8) is 0 Å². The third kappa shape index (κ3) is 3.51. The summed E-state index contributed by atoms with van der Waals surface area (Å²) < 4.78 is 31.8. The average molecular weight is 416 g/mol. The maximum absolute atomic E-state index is 13.5. The molecule has 0 radical (unpaired) electrons. The van der Waals surface area contributed by atoms with Crippen LogP contribution in [0.25, 0.3) is 0 Å². The van der Waals surface area contributed by atoms with Gasteiger partial charge < -0.3 is 9.47 Å². The zero-order valence-electron chi connectivity index (χ0n) is 17.4. The first-order valence-corrected chi connectivity index (χ1v) is 11.8. The molecule has 1 fully saturated rings. The van der Waals surface area contributed by atoms with Crippen LogP contribution in [0.15, 0.2) is 29.2 Å². The number of likely N-dealkylation sites (tertiary alicyclic amines) is 1. The van der Waals surface area contributed by atoms with Gasteiger partial charge in [-0.25, -0.2) is 13.1 Å². The van der Waals surface area contributed by atoms with Gasteiger partial charge in [-0.15, -0.1) is 0 Å². The smallest absolute Gasteiger partial charge is 0.257 e. The lowest BCUT2D eigenvalue weighted by Crippen LogP contribution is -2.34. The van der Waals surface area contributed by atoms with Gasteiger partial charge in [0.1, 0.15) is 4.90 Å². The Morgan fingerprint density at radius 1 is 1.07 bits per heavy atom. The van der Waals surface area contributed by atoms with Crippen LogP contribution >= 0.6 is 0 Å². The molecule has 2 aromatic rings. The van der Waals surface area contributed by atoms with Gasteiger partial charge in [-0.05, 0) is 57.1 Å². The van der Waals surface area contributed by atoms with Crippen LogP contribution in [0.3, 0.4) is 0 Å². The molecule has 1 aliphatic carbocycles. The van der Waals surface area contributed by atoms with Crippen LogP contribution < -0.4 is 4.72 Å². The molecule has 2 aliphatic rings. The summed E-state index contributed by atoms with van der Waals surface area (Å²) in [6.45, 7) is 4.98. The normalized spacial score (nSPS) is 19.4. The van der Waals surface area contributed by atoms with Crippen molar-refractivity contribution in [3.8, 4) is 0 Å². The topological polar surface area (TPSA) is 71.4 Å². The van der Waals surface area contributed by atoms with Crippen LogP contribution in [-0.4, -0.2) is 36.9 Å². The molecule has 1 saturated heterocycles. The van der Waals surface area contributed by atoms with Gasteiger partial charge in [0.2, 0.25) is 10.0 Å². The summed E-state index contributed by atoms with van der Waals surface area (Å²) in [5.41, 5.74) is 3.86. The monoisotopic (exact) mass is 415 g/mol. The van der Waals surface area contributed by atoms with Crippen molar-refractivity contribution in [1.29, 1.82) is 0 Å². The zero-order valence-corrected chi connectivity index (χ0v) is 18.2. The number of fused-ring (bicyclic) bond motifs is 1. The summed E-state index contributed by atoms with van der Waals surface area (Å²) in [6.07, 6.45) is 4.61. The van der Waals surface area contributed by atoms with Crippen molar-refractivity contribution in [2.24, 2.45) is 7.05 Å². The molecular formula is C22H29N3O3S. The maximum atomic E-state index is 13.5. The molecule has 4 rings (SSSR count). The molecule has 6 nitrogen and oxygen atoms in total. The lowest BCUT2D eigenvalue weighted by Gasteiger charge is -2.26. The van der Waals surface area contributed by atoms with Crippen molar-refractivity contribution < 1.29 is 13.2 Å². The lowest BCUT2D eigenvalue weighted by molar-refractivity contribution is 0.0788. The number of carbonyl (C=O) groups is 1. The summed E-state index contributed by atoms with van der Waals surface area (Å²) in [5, 5.41) is 0. The minimum atomic E-state index is -3.86. The molecule has 156 valence electrons. The van der Waals surface area contributed by atoms with E-state index in [1.807, 2.05) is 36.7 Å². The van der Waals surface area contributed by atoms with Gasteiger partial charge in [-0.1, -0.05) is 24.3 Å². The van der Waals surface area contributed by atoms with Crippen molar-refractivity contribution in [2.75, 3.05) is 13.1 Å². The molecule has 1 amide bonds. The number of aryl methyl sites for hydroxylation is 1. The highest BCUT2D eigenvalue weighted by atomic mass is 32.2. The Labute approximate surface area is 173 Å². The molecule has 1 aromatic heterocycles. The second kappa shape index (κ2) is 7.61. The highest BCUT2D eigenvalue weighted by molar-refractivity contribution is 7.89. The van der Waals surface area contributed by atoms with E-state index in [0.717, 1.165) is 37.7 Å². The van der Waals surface area contributed by atoms with Crippen LogP contribution in [0.1, 0.15) is 64.6 Å². The molecular weight excluding hydrogens is 386 g/mol. The number of rotatable bonds is 4. The number of carbonyl (C=O) groups excluding carboxylic acids is 1. The fourth-order valence-corrected chi connectivity index (χ4v) is 6.47. The molecule has 2 heterocycles. The number of benzene rings is 1. The summed E-state index contributed by atoms with van der Waals surface area (Å²) in [7, 11) is -2.04. The average Bonchev–Trinajstić information content (AvgIpc) is 3.31. The molecule has 7 heteroatoms. The van der Waals surface area contributed by atoms with Gasteiger partial charge in [0.05, 0.1) is 5.56 Å². The first-order valence-electron chi connectivity index (χ1n) is 10.4. The third-order valence-corrected chi connectivity index (χ3v) is 8.10. The number of nitrogens with one attached hydrogen (secondary N) is 1. The Kier molecular flexibility index (Phi) is 5.29. The van der Waals surface area contributed by atoms with Gasteiger partial charge in [0.15, 0.2) is 0 Å². The van der Waals surface area contributed by atoms with Gasteiger partial charge in [0.25, 0.3) is 5.91 Å². The van der Waals surface area contributed by atoms with E-state index in [9.17, 15) is 13.2 Å². The van der Waals surface area contributed by atoms with Crippen LogP contribution in [0.4, 0.5) is 0 Å². The Morgan fingerprint density at radius 2 is 1.76 bits per heavy atom. The number of nitrogens with zero attached hydrogens (tertiary/aromatic N) is 2.